The van der Waals surface area contributed by atoms with Crippen LogP contribution < -0.4 is 10.6 Å². The lowest BCUT2D eigenvalue weighted by Crippen LogP contribution is -2.36. The number of nitrogens with one attached hydrogen (secondary N) is 2. The van der Waals surface area contributed by atoms with Crippen molar-refractivity contribution in [2.75, 3.05) is 0 Å². The molecule has 0 aliphatic heterocycles. The van der Waals surface area contributed by atoms with Crippen LogP contribution in [0.2, 0.25) is 0 Å². The lowest BCUT2D eigenvalue weighted by molar-refractivity contribution is 0.237. The Bertz CT molecular complexity index is 692. The fourth-order valence-electron chi connectivity index (χ4n) is 2.02. The molecule has 1 atom stereocenters. The number of hydrogen-bond donors (Lipinski definition) is 2. The standard InChI is InChI=1S/C17H16BrN3O/c1-12(15-5-7-16(18)8-6-15)21-17(22)20-11-14-4-2-3-13(9-14)10-19/h2-9,12H,11H2,1H3,(H2,20,21,22). The predicted octanol–water partition coefficient (Wildman–Crippen LogP) is 3.88. The van der Waals surface area contributed by atoms with Crippen LogP contribution in [0.4, 0.5) is 4.79 Å². The van der Waals surface area contributed by atoms with Gasteiger partial charge < -0.3 is 10.6 Å². The van der Waals surface area contributed by atoms with E-state index in [1.54, 1.807) is 18.2 Å². The highest BCUT2D eigenvalue weighted by molar-refractivity contribution is 9.10. The summed E-state index contributed by atoms with van der Waals surface area (Å²) >= 11 is 3.39. The number of rotatable bonds is 4. The number of amides is 2. The van der Waals surface area contributed by atoms with E-state index in [-0.39, 0.29) is 12.1 Å². The molecule has 0 aliphatic carbocycles. The maximum atomic E-state index is 11.9. The molecule has 0 radical (unpaired) electrons. The Labute approximate surface area is 138 Å². The maximum Gasteiger partial charge on any atom is 0.315 e. The van der Waals surface area contributed by atoms with E-state index in [1.807, 2.05) is 37.3 Å². The van der Waals surface area contributed by atoms with E-state index in [0.717, 1.165) is 15.6 Å². The molecule has 0 bridgehead atoms. The molecule has 0 aliphatic rings. The normalized spacial score (nSPS) is 11.3. The lowest BCUT2D eigenvalue weighted by atomic mass is 10.1. The molecule has 2 rings (SSSR count). The first-order chi connectivity index (χ1) is 10.6. The third-order valence-electron chi connectivity index (χ3n) is 3.23. The zero-order valence-corrected chi connectivity index (χ0v) is 13.7. The number of nitriles is 1. The molecule has 22 heavy (non-hydrogen) atoms. The molecule has 5 heteroatoms. The summed E-state index contributed by atoms with van der Waals surface area (Å²) in [5.74, 6) is 0. The summed E-state index contributed by atoms with van der Waals surface area (Å²) in [6, 6.07) is 16.7. The van der Waals surface area contributed by atoms with Crippen LogP contribution in [0, 0.1) is 11.3 Å². The molecule has 2 N–H and O–H groups in total. The summed E-state index contributed by atoms with van der Waals surface area (Å²) in [6.07, 6.45) is 0. The molecule has 0 heterocycles. The van der Waals surface area contributed by atoms with Gasteiger partial charge >= 0.3 is 6.03 Å². The van der Waals surface area contributed by atoms with Crippen molar-refractivity contribution in [2.45, 2.75) is 19.5 Å². The van der Waals surface area contributed by atoms with Crippen molar-refractivity contribution in [3.63, 3.8) is 0 Å². The zero-order chi connectivity index (χ0) is 15.9. The molecular formula is C17H16BrN3O. The largest absolute Gasteiger partial charge is 0.334 e. The molecule has 2 aromatic carbocycles. The van der Waals surface area contributed by atoms with Gasteiger partial charge in [0.2, 0.25) is 0 Å². The van der Waals surface area contributed by atoms with Crippen molar-refractivity contribution in [1.82, 2.24) is 10.6 Å². The molecule has 0 saturated carbocycles. The highest BCUT2D eigenvalue weighted by atomic mass is 79.9. The third-order valence-corrected chi connectivity index (χ3v) is 3.76. The van der Waals surface area contributed by atoms with Crippen LogP contribution in [-0.2, 0) is 6.54 Å². The summed E-state index contributed by atoms with van der Waals surface area (Å²) in [5.41, 5.74) is 2.51. The van der Waals surface area contributed by atoms with Crippen LogP contribution in [0.15, 0.2) is 53.0 Å². The van der Waals surface area contributed by atoms with Gasteiger partial charge in [0, 0.05) is 11.0 Å². The molecule has 4 nitrogen and oxygen atoms in total. The van der Waals surface area contributed by atoms with E-state index < -0.39 is 0 Å². The first-order valence-corrected chi connectivity index (χ1v) is 7.66. The molecule has 0 aromatic heterocycles. The van der Waals surface area contributed by atoms with Gasteiger partial charge in [-0.1, -0.05) is 40.2 Å². The maximum absolute atomic E-state index is 11.9. The minimum Gasteiger partial charge on any atom is -0.334 e. The van der Waals surface area contributed by atoms with Crippen LogP contribution in [0.5, 0.6) is 0 Å². The van der Waals surface area contributed by atoms with Crippen LogP contribution in [-0.4, -0.2) is 6.03 Å². The molecule has 0 fully saturated rings. The quantitative estimate of drug-likeness (QED) is 0.871. The minimum absolute atomic E-state index is 0.0847. The number of carbonyl (C=O) groups is 1. The molecule has 1 unspecified atom stereocenters. The zero-order valence-electron chi connectivity index (χ0n) is 12.1. The van der Waals surface area contributed by atoms with Gasteiger partial charge in [-0.05, 0) is 42.3 Å². The Kier molecular flexibility index (Phi) is 5.56. The van der Waals surface area contributed by atoms with Crippen molar-refractivity contribution in [2.24, 2.45) is 0 Å². The number of nitrogens with zero attached hydrogens (tertiary/aromatic N) is 1. The SMILES string of the molecule is CC(NC(=O)NCc1cccc(C#N)c1)c1ccc(Br)cc1. The first-order valence-electron chi connectivity index (χ1n) is 6.87. The predicted molar refractivity (Wildman–Crippen MR) is 89.1 cm³/mol. The average molecular weight is 358 g/mol. The van der Waals surface area contributed by atoms with Crippen LogP contribution in [0.25, 0.3) is 0 Å². The molecule has 0 spiro atoms. The summed E-state index contributed by atoms with van der Waals surface area (Å²) in [5, 5.41) is 14.5. The summed E-state index contributed by atoms with van der Waals surface area (Å²) in [7, 11) is 0. The molecule has 0 saturated heterocycles. The Morgan fingerprint density at radius 2 is 2.00 bits per heavy atom. The second-order valence-electron chi connectivity index (χ2n) is 4.91. The van der Waals surface area contributed by atoms with Gasteiger partial charge in [0.05, 0.1) is 17.7 Å². The van der Waals surface area contributed by atoms with E-state index in [1.165, 1.54) is 0 Å². The topological polar surface area (TPSA) is 64.9 Å². The monoisotopic (exact) mass is 357 g/mol. The van der Waals surface area contributed by atoms with Gasteiger partial charge in [-0.15, -0.1) is 0 Å². The van der Waals surface area contributed by atoms with Gasteiger partial charge in [-0.25, -0.2) is 4.79 Å². The summed E-state index contributed by atoms with van der Waals surface area (Å²) < 4.78 is 1.00. The number of hydrogen-bond acceptors (Lipinski definition) is 2. The smallest absolute Gasteiger partial charge is 0.315 e. The van der Waals surface area contributed by atoms with E-state index in [2.05, 4.69) is 32.6 Å². The fourth-order valence-corrected chi connectivity index (χ4v) is 2.28. The fraction of sp³-hybridized carbons (Fsp3) is 0.176. The van der Waals surface area contributed by atoms with E-state index in [9.17, 15) is 4.79 Å². The highest BCUT2D eigenvalue weighted by Crippen LogP contribution is 2.16. The number of carbonyl (C=O) groups excluding carboxylic acids is 1. The first kappa shape index (κ1) is 16.1. The second kappa shape index (κ2) is 7.62. The Morgan fingerprint density at radius 1 is 1.27 bits per heavy atom. The third kappa shape index (κ3) is 4.61. The van der Waals surface area contributed by atoms with Crippen LogP contribution >= 0.6 is 15.9 Å². The second-order valence-corrected chi connectivity index (χ2v) is 5.83. The van der Waals surface area contributed by atoms with Crippen molar-refractivity contribution in [1.29, 1.82) is 5.26 Å². The van der Waals surface area contributed by atoms with Crippen molar-refractivity contribution < 1.29 is 4.79 Å². The van der Waals surface area contributed by atoms with E-state index in [4.69, 9.17) is 5.26 Å². The van der Waals surface area contributed by atoms with Crippen LogP contribution in [0.1, 0.15) is 29.7 Å². The molecule has 2 aromatic rings. The molecule has 2 amide bonds. The molecular weight excluding hydrogens is 342 g/mol. The van der Waals surface area contributed by atoms with Crippen LogP contribution in [0.3, 0.4) is 0 Å². The van der Waals surface area contributed by atoms with E-state index in [0.29, 0.717) is 12.1 Å². The van der Waals surface area contributed by atoms with Gasteiger partial charge in [0.25, 0.3) is 0 Å². The minimum atomic E-state index is -0.238. The van der Waals surface area contributed by atoms with Crippen molar-refractivity contribution >= 4 is 22.0 Å². The number of halogens is 1. The summed E-state index contributed by atoms with van der Waals surface area (Å²) in [6.45, 7) is 2.31. The van der Waals surface area contributed by atoms with Gasteiger partial charge in [0.1, 0.15) is 0 Å². The van der Waals surface area contributed by atoms with E-state index >= 15 is 0 Å². The van der Waals surface area contributed by atoms with Crippen molar-refractivity contribution in [3.8, 4) is 6.07 Å². The van der Waals surface area contributed by atoms with Crippen molar-refractivity contribution in [3.05, 3.63) is 69.7 Å². The average Bonchev–Trinajstić information content (AvgIpc) is 2.53. The Hall–Kier alpha value is -2.32. The Balaban J connectivity index is 1.87. The van der Waals surface area contributed by atoms with Gasteiger partial charge in [-0.3, -0.25) is 0 Å². The number of urea groups is 1. The highest BCUT2D eigenvalue weighted by Gasteiger charge is 2.09. The lowest BCUT2D eigenvalue weighted by Gasteiger charge is -2.15. The summed E-state index contributed by atoms with van der Waals surface area (Å²) in [4.78, 5) is 11.9. The molecule has 112 valence electrons. The Morgan fingerprint density at radius 3 is 2.68 bits per heavy atom. The van der Waals surface area contributed by atoms with Gasteiger partial charge in [0.15, 0.2) is 0 Å². The van der Waals surface area contributed by atoms with Gasteiger partial charge in [-0.2, -0.15) is 5.26 Å². The number of benzene rings is 2.